The fourth-order valence-corrected chi connectivity index (χ4v) is 3.57. The van der Waals surface area contributed by atoms with Gasteiger partial charge in [0.2, 0.25) is 0 Å². The van der Waals surface area contributed by atoms with Gasteiger partial charge in [0.15, 0.2) is 0 Å². The molecule has 0 saturated carbocycles. The Labute approximate surface area is 158 Å². The summed E-state index contributed by atoms with van der Waals surface area (Å²) in [5.74, 6) is -2.89. The Morgan fingerprint density at radius 1 is 1.35 bits per heavy atom. The van der Waals surface area contributed by atoms with Crippen LogP contribution in [0.15, 0.2) is 41.8 Å². The minimum absolute atomic E-state index is 0.000564. The minimum atomic E-state index is -1.56. The first-order valence-electron chi connectivity index (χ1n) is 7.39. The second kappa shape index (κ2) is 8.63. The van der Waals surface area contributed by atoms with Crippen molar-refractivity contribution in [2.75, 3.05) is 6.61 Å². The number of para-hydroxylation sites is 1. The van der Waals surface area contributed by atoms with Crippen LogP contribution in [0.25, 0.3) is 6.08 Å². The van der Waals surface area contributed by atoms with E-state index < -0.39 is 30.3 Å². The van der Waals surface area contributed by atoms with Crippen LogP contribution in [-0.2, 0) is 14.4 Å². The van der Waals surface area contributed by atoms with Crippen molar-refractivity contribution in [2.24, 2.45) is 0 Å². The second-order valence-corrected chi connectivity index (χ2v) is 6.82. The van der Waals surface area contributed by atoms with E-state index in [-0.39, 0.29) is 15.8 Å². The highest BCUT2D eigenvalue weighted by atomic mass is 32.2. The maximum Gasteiger partial charge on any atom is 0.327 e. The Morgan fingerprint density at radius 3 is 2.65 bits per heavy atom. The van der Waals surface area contributed by atoms with Gasteiger partial charge in [-0.2, -0.15) is 0 Å². The summed E-state index contributed by atoms with van der Waals surface area (Å²) in [6.45, 7) is 3.86. The number of thiocarbonyl (C=S) groups is 1. The first-order chi connectivity index (χ1) is 12.3. The predicted molar refractivity (Wildman–Crippen MR) is 101 cm³/mol. The predicted octanol–water partition coefficient (Wildman–Crippen LogP) is 2.38. The number of ether oxygens (including phenoxy) is 1. The molecule has 136 valence electrons. The lowest BCUT2D eigenvalue weighted by atomic mass is 10.1. The van der Waals surface area contributed by atoms with Crippen LogP contribution in [-0.4, -0.2) is 49.9 Å². The van der Waals surface area contributed by atoms with Crippen LogP contribution in [0.3, 0.4) is 0 Å². The topological polar surface area (TPSA) is 104 Å². The molecule has 1 aliphatic rings. The molecular formula is C17H15NO6S2. The molecule has 1 atom stereocenters. The van der Waals surface area contributed by atoms with Crippen LogP contribution >= 0.6 is 24.0 Å². The SMILES string of the molecule is C=CCOc1ccccc1C=C1SC(=S)N(C(CC(=O)O)C(=O)O)C1=O. The molecule has 0 spiro atoms. The number of thioether (sulfide) groups is 1. The van der Waals surface area contributed by atoms with Crippen LogP contribution in [0.2, 0.25) is 0 Å². The molecule has 0 aliphatic carbocycles. The van der Waals surface area contributed by atoms with Crippen molar-refractivity contribution in [3.63, 3.8) is 0 Å². The van der Waals surface area contributed by atoms with Gasteiger partial charge in [0, 0.05) is 5.56 Å². The van der Waals surface area contributed by atoms with Crippen molar-refractivity contribution in [1.29, 1.82) is 0 Å². The number of nitrogens with zero attached hydrogens (tertiary/aromatic N) is 1. The summed E-state index contributed by atoms with van der Waals surface area (Å²) in [7, 11) is 0. The van der Waals surface area contributed by atoms with Crippen molar-refractivity contribution < 1.29 is 29.3 Å². The number of carboxylic acids is 2. The van der Waals surface area contributed by atoms with Crippen molar-refractivity contribution in [1.82, 2.24) is 4.90 Å². The molecule has 2 N–H and O–H groups in total. The average Bonchev–Trinajstić information content (AvgIpc) is 2.85. The molecule has 1 fully saturated rings. The number of hydrogen-bond acceptors (Lipinski definition) is 6. The first-order valence-corrected chi connectivity index (χ1v) is 8.62. The number of amides is 1. The van der Waals surface area contributed by atoms with Crippen LogP contribution in [0.1, 0.15) is 12.0 Å². The summed E-state index contributed by atoms with van der Waals surface area (Å²) in [6, 6.07) is 5.43. The van der Waals surface area contributed by atoms with Gasteiger partial charge in [0.25, 0.3) is 5.91 Å². The maximum absolute atomic E-state index is 12.6. The fourth-order valence-electron chi connectivity index (χ4n) is 2.22. The van der Waals surface area contributed by atoms with Crippen molar-refractivity contribution in [3.05, 3.63) is 47.4 Å². The molecule has 1 heterocycles. The fraction of sp³-hybridized carbons (Fsp3) is 0.176. The van der Waals surface area contributed by atoms with Crippen LogP contribution in [0, 0.1) is 0 Å². The van der Waals surface area contributed by atoms with Crippen LogP contribution in [0.5, 0.6) is 5.75 Å². The number of hydrogen-bond donors (Lipinski definition) is 2. The van der Waals surface area contributed by atoms with Crippen molar-refractivity contribution in [3.8, 4) is 5.75 Å². The number of carboxylic acid groups (broad SMARTS) is 2. The average molecular weight is 393 g/mol. The van der Waals surface area contributed by atoms with Crippen molar-refractivity contribution >= 4 is 52.2 Å². The first kappa shape index (κ1) is 19.7. The van der Waals surface area contributed by atoms with E-state index in [0.717, 1.165) is 16.7 Å². The monoisotopic (exact) mass is 393 g/mol. The molecule has 7 nitrogen and oxygen atoms in total. The standard InChI is InChI=1S/C17H15NO6S2/c1-2-7-24-12-6-4-3-5-10(12)8-13-15(21)18(17(25)26-13)11(16(22)23)9-14(19)20/h2-6,8,11H,1,7,9H2,(H,19,20)(H,22,23). The Morgan fingerprint density at radius 2 is 2.04 bits per heavy atom. The minimum Gasteiger partial charge on any atom is -0.489 e. The molecule has 9 heteroatoms. The van der Waals surface area contributed by atoms with Gasteiger partial charge < -0.3 is 14.9 Å². The number of carbonyl (C=O) groups excluding carboxylic acids is 1. The Kier molecular flexibility index (Phi) is 6.53. The van der Waals surface area contributed by atoms with E-state index in [9.17, 15) is 19.5 Å². The van der Waals surface area contributed by atoms with E-state index >= 15 is 0 Å². The summed E-state index contributed by atoms with van der Waals surface area (Å²) >= 11 is 6.01. The summed E-state index contributed by atoms with van der Waals surface area (Å²) in [4.78, 5) is 35.9. The Balaban J connectivity index is 2.33. The van der Waals surface area contributed by atoms with E-state index in [1.807, 2.05) is 0 Å². The van der Waals surface area contributed by atoms with Gasteiger partial charge in [0.1, 0.15) is 22.7 Å². The van der Waals surface area contributed by atoms with Crippen LogP contribution < -0.4 is 4.74 Å². The summed E-state index contributed by atoms with van der Waals surface area (Å²) < 4.78 is 5.52. The molecule has 0 aromatic heterocycles. The zero-order valence-electron chi connectivity index (χ0n) is 13.5. The van der Waals surface area contributed by atoms with E-state index in [1.165, 1.54) is 6.08 Å². The lowest BCUT2D eigenvalue weighted by Gasteiger charge is -2.21. The second-order valence-electron chi connectivity index (χ2n) is 5.14. The maximum atomic E-state index is 12.6. The smallest absolute Gasteiger partial charge is 0.327 e. The Bertz CT molecular complexity index is 804. The third kappa shape index (κ3) is 4.50. The van der Waals surface area contributed by atoms with Gasteiger partial charge in [-0.05, 0) is 12.1 Å². The number of aliphatic carboxylic acids is 2. The van der Waals surface area contributed by atoms with Gasteiger partial charge >= 0.3 is 11.9 Å². The summed E-state index contributed by atoms with van der Waals surface area (Å²) in [5, 5.41) is 18.2. The largest absolute Gasteiger partial charge is 0.489 e. The normalized spacial score (nSPS) is 16.6. The lowest BCUT2D eigenvalue weighted by molar-refractivity contribution is -0.150. The van der Waals surface area contributed by atoms with Crippen molar-refractivity contribution in [2.45, 2.75) is 12.5 Å². The molecular weight excluding hydrogens is 378 g/mol. The summed E-state index contributed by atoms with van der Waals surface area (Å²) in [6.07, 6.45) is 2.38. The quantitative estimate of drug-likeness (QED) is 0.394. The van der Waals surface area contributed by atoms with Gasteiger partial charge in [-0.3, -0.25) is 14.5 Å². The van der Waals surface area contributed by atoms with E-state index in [0.29, 0.717) is 11.3 Å². The van der Waals surface area contributed by atoms with Gasteiger partial charge in [-0.1, -0.05) is 54.8 Å². The van der Waals surface area contributed by atoms with Crippen LogP contribution in [0.4, 0.5) is 0 Å². The molecule has 1 amide bonds. The molecule has 1 aromatic rings. The van der Waals surface area contributed by atoms with E-state index in [2.05, 4.69) is 6.58 Å². The van der Waals surface area contributed by atoms with Gasteiger partial charge in [-0.15, -0.1) is 0 Å². The molecule has 0 radical (unpaired) electrons. The number of carbonyl (C=O) groups is 3. The lowest BCUT2D eigenvalue weighted by Crippen LogP contribution is -2.45. The highest BCUT2D eigenvalue weighted by molar-refractivity contribution is 8.26. The molecule has 26 heavy (non-hydrogen) atoms. The molecule has 1 aromatic carbocycles. The molecule has 1 saturated heterocycles. The molecule has 1 aliphatic heterocycles. The number of rotatable bonds is 8. The zero-order chi connectivity index (χ0) is 19.3. The Hall–Kier alpha value is -2.65. The van der Waals surface area contributed by atoms with E-state index in [4.69, 9.17) is 22.1 Å². The highest BCUT2D eigenvalue weighted by Crippen LogP contribution is 2.36. The molecule has 1 unspecified atom stereocenters. The third-order valence-electron chi connectivity index (χ3n) is 3.35. The molecule has 0 bridgehead atoms. The van der Waals surface area contributed by atoms with Gasteiger partial charge in [0.05, 0.1) is 11.3 Å². The summed E-state index contributed by atoms with van der Waals surface area (Å²) in [5.41, 5.74) is 0.611. The van der Waals surface area contributed by atoms with Gasteiger partial charge in [-0.25, -0.2) is 4.79 Å². The third-order valence-corrected chi connectivity index (χ3v) is 4.68. The highest BCUT2D eigenvalue weighted by Gasteiger charge is 2.41. The molecule has 2 rings (SSSR count). The van der Waals surface area contributed by atoms with E-state index in [1.54, 1.807) is 30.3 Å². The zero-order valence-corrected chi connectivity index (χ0v) is 15.1. The number of benzene rings is 1.